The molecule has 0 aliphatic rings. The molecule has 0 bridgehead atoms. The van der Waals surface area contributed by atoms with E-state index >= 15 is 0 Å². The maximum absolute atomic E-state index is 13.6. The average molecular weight is 1200 g/mol. The van der Waals surface area contributed by atoms with Crippen LogP contribution in [0.3, 0.4) is 0 Å². The van der Waals surface area contributed by atoms with Crippen molar-refractivity contribution in [1.82, 2.24) is 5.32 Å². The fourth-order valence-corrected chi connectivity index (χ4v) is 9.80. The van der Waals surface area contributed by atoms with Gasteiger partial charge in [-0.25, -0.2) is 0 Å². The van der Waals surface area contributed by atoms with Gasteiger partial charge in [0.2, 0.25) is 5.91 Å². The van der Waals surface area contributed by atoms with Gasteiger partial charge >= 0.3 is 5.97 Å². The van der Waals surface area contributed by atoms with Gasteiger partial charge in [-0.2, -0.15) is 0 Å². The number of amides is 1. The van der Waals surface area contributed by atoms with Crippen molar-refractivity contribution < 1.29 is 37.3 Å². The molecule has 484 valence electrons. The number of quaternary nitrogens is 1. The van der Waals surface area contributed by atoms with Crippen LogP contribution >= 0.6 is 7.82 Å². The summed E-state index contributed by atoms with van der Waals surface area (Å²) in [6, 6.07) is -0.919. The number of esters is 1. The van der Waals surface area contributed by atoms with Crippen LogP contribution in [-0.2, 0) is 27.9 Å². The molecular weight excluding hydrogens is 1070 g/mol. The molecule has 0 aromatic carbocycles. The SMILES string of the molecule is CC/C=C\C/C=C\C/C=C\C/C=C\C/C=C\C/C=C\CCCCCCCCCCC(=O)NC(COP(=O)([O-])OCC[N+](C)(C)C)C(/C=C\CCCCCCCCCCCCC)OC(=O)CCCCC/C=C\C/C=C\C/C=C\C/C=C\C/C=C\CC. The number of phosphoric acid groups is 1. The molecule has 0 aliphatic carbocycles. The van der Waals surface area contributed by atoms with E-state index in [1.165, 1.54) is 83.5 Å². The highest BCUT2D eigenvalue weighted by Gasteiger charge is 2.27. The summed E-state index contributed by atoms with van der Waals surface area (Å²) >= 11 is 0. The first kappa shape index (κ1) is 80.9. The van der Waals surface area contributed by atoms with Gasteiger partial charge in [0.05, 0.1) is 33.8 Å². The number of nitrogens with zero attached hydrogens (tertiary/aromatic N) is 1. The first-order valence-electron chi connectivity index (χ1n) is 34.1. The second-order valence-corrected chi connectivity index (χ2v) is 25.0. The molecule has 9 nitrogen and oxygen atoms in total. The van der Waals surface area contributed by atoms with E-state index < -0.39 is 26.6 Å². The largest absolute Gasteiger partial charge is 0.756 e. The standard InChI is InChI=1S/C75H127N2O7P/c1-7-10-13-16-19-22-25-28-30-32-34-35-36-37-38-39-40-41-43-44-46-49-52-55-58-61-64-67-74(78)76-72(71-83-85(80,81)82-70-69-77(4,5)6)73(66-63-60-57-54-51-48-27-24-21-18-15-12-9-3)84-75(79)68-65-62-59-56-53-50-47-45-42-33-31-29-26-23-20-17-14-11-8-2/h10-11,13-14,19-20,22-23,28-31,34-35,37-38,40-42,45,50,53,63,66,72-73H,7-9,12,15-18,21,24-27,32-33,36,39,43-44,46-49,51-52,54-62,64-65,67-71H2,1-6H3,(H-,76,78,80,81)/b13-10-,14-11-,22-19-,23-20-,30-28-,31-29-,35-34-,38-37-,41-40-,45-42-,53-50-,66-63-. The van der Waals surface area contributed by atoms with E-state index in [0.29, 0.717) is 23.9 Å². The zero-order valence-electron chi connectivity index (χ0n) is 55.3. The van der Waals surface area contributed by atoms with E-state index in [-0.39, 0.29) is 24.9 Å². The Labute approximate surface area is 523 Å². The molecule has 0 spiro atoms. The average Bonchev–Trinajstić information content (AvgIpc) is 3.53. The van der Waals surface area contributed by atoms with Crippen molar-refractivity contribution in [3.05, 3.63) is 146 Å². The minimum Gasteiger partial charge on any atom is -0.756 e. The molecular formula is C75H127N2O7P. The Kier molecular flexibility index (Phi) is 59.9. The first-order chi connectivity index (χ1) is 41.4. The fourth-order valence-electron chi connectivity index (χ4n) is 9.08. The molecule has 0 heterocycles. The molecule has 0 saturated heterocycles. The van der Waals surface area contributed by atoms with Crippen molar-refractivity contribution >= 4 is 19.7 Å². The van der Waals surface area contributed by atoms with Crippen molar-refractivity contribution in [1.29, 1.82) is 0 Å². The molecule has 85 heavy (non-hydrogen) atoms. The van der Waals surface area contributed by atoms with Crippen LogP contribution in [-0.4, -0.2) is 69.4 Å². The molecule has 1 N–H and O–H groups in total. The van der Waals surface area contributed by atoms with E-state index in [1.54, 1.807) is 0 Å². The molecule has 0 aromatic rings. The smallest absolute Gasteiger partial charge is 0.306 e. The summed E-state index contributed by atoms with van der Waals surface area (Å²) in [6.45, 7) is 6.58. The lowest BCUT2D eigenvalue weighted by Crippen LogP contribution is -2.47. The molecule has 3 unspecified atom stereocenters. The highest BCUT2D eigenvalue weighted by atomic mass is 31.2. The third kappa shape index (κ3) is 64.2. The Hall–Kier alpha value is -4.11. The number of likely N-dealkylation sites (N-methyl/N-ethyl adjacent to an activating group) is 1. The van der Waals surface area contributed by atoms with Gasteiger partial charge < -0.3 is 28.5 Å². The second-order valence-electron chi connectivity index (χ2n) is 23.6. The number of carbonyl (C=O) groups excluding carboxylic acids is 2. The van der Waals surface area contributed by atoms with Crippen LogP contribution < -0.4 is 10.2 Å². The summed E-state index contributed by atoms with van der Waals surface area (Å²) in [4.78, 5) is 40.2. The summed E-state index contributed by atoms with van der Waals surface area (Å²) in [5.74, 6) is -0.596. The van der Waals surface area contributed by atoms with Crippen LogP contribution in [0.25, 0.3) is 0 Å². The predicted molar refractivity (Wildman–Crippen MR) is 366 cm³/mol. The number of allylic oxidation sites excluding steroid dienone is 23. The monoisotopic (exact) mass is 1200 g/mol. The number of phosphoric ester groups is 1. The highest BCUT2D eigenvalue weighted by molar-refractivity contribution is 7.45. The molecule has 10 heteroatoms. The Morgan fingerprint density at radius 2 is 0.753 bits per heavy atom. The minimum absolute atomic E-state index is 0.0377. The molecule has 0 fully saturated rings. The zero-order valence-corrected chi connectivity index (χ0v) is 56.1. The molecule has 0 saturated carbocycles. The topological polar surface area (TPSA) is 114 Å². The van der Waals surface area contributed by atoms with Gasteiger partial charge in [0, 0.05) is 12.8 Å². The predicted octanol–water partition coefficient (Wildman–Crippen LogP) is 21.1. The number of hydrogen-bond acceptors (Lipinski definition) is 7. The van der Waals surface area contributed by atoms with Crippen LogP contribution in [0, 0.1) is 0 Å². The number of ether oxygens (including phenoxy) is 1. The van der Waals surface area contributed by atoms with Gasteiger partial charge in [0.15, 0.2) is 0 Å². The number of rotatable bonds is 60. The molecule has 1 amide bonds. The number of hydrogen-bond donors (Lipinski definition) is 1. The quantitative estimate of drug-likeness (QED) is 0.0212. The lowest BCUT2D eigenvalue weighted by Gasteiger charge is -2.30. The number of unbranched alkanes of at least 4 members (excludes halogenated alkanes) is 22. The second kappa shape index (κ2) is 62.9. The van der Waals surface area contributed by atoms with Crippen LogP contribution in [0.15, 0.2) is 146 Å². The van der Waals surface area contributed by atoms with Crippen LogP contribution in [0.4, 0.5) is 0 Å². The van der Waals surface area contributed by atoms with Gasteiger partial charge in [0.1, 0.15) is 19.3 Å². The summed E-state index contributed by atoms with van der Waals surface area (Å²) in [6.07, 6.45) is 91.0. The van der Waals surface area contributed by atoms with Crippen LogP contribution in [0.1, 0.15) is 265 Å². The Balaban J connectivity index is 5.23. The molecule has 0 aliphatic heterocycles. The Bertz CT molecular complexity index is 1960. The maximum Gasteiger partial charge on any atom is 0.306 e. The van der Waals surface area contributed by atoms with Crippen LogP contribution in [0.2, 0.25) is 0 Å². The van der Waals surface area contributed by atoms with Crippen molar-refractivity contribution in [2.24, 2.45) is 0 Å². The van der Waals surface area contributed by atoms with Crippen LogP contribution in [0.5, 0.6) is 0 Å². The molecule has 0 rings (SSSR count). The molecule has 0 radical (unpaired) electrons. The minimum atomic E-state index is -4.73. The summed E-state index contributed by atoms with van der Waals surface area (Å²) in [7, 11) is 1.14. The zero-order chi connectivity index (χ0) is 62.1. The fraction of sp³-hybridized carbons (Fsp3) is 0.653. The van der Waals surface area contributed by atoms with Gasteiger partial charge in [-0.05, 0) is 128 Å². The van der Waals surface area contributed by atoms with E-state index in [4.69, 9.17) is 13.8 Å². The van der Waals surface area contributed by atoms with Crippen molar-refractivity contribution in [2.45, 2.75) is 277 Å². The van der Waals surface area contributed by atoms with Crippen molar-refractivity contribution in [3.63, 3.8) is 0 Å². The number of carbonyl (C=O) groups is 2. The van der Waals surface area contributed by atoms with Gasteiger partial charge in [0.25, 0.3) is 7.82 Å². The van der Waals surface area contributed by atoms with E-state index in [0.717, 1.165) is 141 Å². The lowest BCUT2D eigenvalue weighted by molar-refractivity contribution is -0.870. The van der Waals surface area contributed by atoms with E-state index in [1.807, 2.05) is 33.3 Å². The molecule has 0 aromatic heterocycles. The summed E-state index contributed by atoms with van der Waals surface area (Å²) < 4.78 is 30.4. The maximum atomic E-state index is 13.6. The van der Waals surface area contributed by atoms with Crippen molar-refractivity contribution in [3.8, 4) is 0 Å². The lowest BCUT2D eigenvalue weighted by atomic mass is 10.0. The van der Waals surface area contributed by atoms with Gasteiger partial charge in [-0.15, -0.1) is 0 Å². The summed E-state index contributed by atoms with van der Waals surface area (Å²) in [5.41, 5.74) is 0. The van der Waals surface area contributed by atoms with E-state index in [2.05, 4.69) is 160 Å². The van der Waals surface area contributed by atoms with Gasteiger partial charge in [-0.1, -0.05) is 270 Å². The molecule has 3 atom stereocenters. The Morgan fingerprint density at radius 3 is 1.14 bits per heavy atom. The normalized spacial score (nSPS) is 14.5. The van der Waals surface area contributed by atoms with Gasteiger partial charge in [-0.3, -0.25) is 14.2 Å². The summed E-state index contributed by atoms with van der Waals surface area (Å²) in [5, 5.41) is 3.02. The third-order valence-corrected chi connectivity index (χ3v) is 15.2. The van der Waals surface area contributed by atoms with Crippen molar-refractivity contribution in [2.75, 3.05) is 40.9 Å². The van der Waals surface area contributed by atoms with E-state index in [9.17, 15) is 19.0 Å². The first-order valence-corrected chi connectivity index (χ1v) is 35.6. The highest BCUT2D eigenvalue weighted by Crippen LogP contribution is 2.38. The Morgan fingerprint density at radius 1 is 0.424 bits per heavy atom. The number of nitrogens with one attached hydrogen (secondary N) is 1. The third-order valence-electron chi connectivity index (χ3n) is 14.3.